The van der Waals surface area contributed by atoms with Crippen molar-refractivity contribution in [1.82, 2.24) is 10.2 Å². The summed E-state index contributed by atoms with van der Waals surface area (Å²) in [6.07, 6.45) is 0. The van der Waals surface area contributed by atoms with Crippen LogP contribution in [0.2, 0.25) is 20.1 Å². The maximum atomic E-state index is 13.1. The first-order chi connectivity index (χ1) is 14.9. The maximum Gasteiger partial charge on any atom is 0.242 e. The fourth-order valence-corrected chi connectivity index (χ4v) is 4.36. The lowest BCUT2D eigenvalue weighted by Crippen LogP contribution is -2.52. The van der Waals surface area contributed by atoms with Crippen LogP contribution in [0.25, 0.3) is 0 Å². The molecule has 1 N–H and O–H groups in total. The molecule has 0 saturated heterocycles. The number of nitrogens with one attached hydrogen (secondary N) is 1. The van der Waals surface area contributed by atoms with Crippen LogP contribution in [0.3, 0.4) is 0 Å². The van der Waals surface area contributed by atoms with E-state index in [-0.39, 0.29) is 24.1 Å². The molecular formula is C23H26Cl4N2O2S. The minimum atomic E-state index is -0.665. The highest BCUT2D eigenvalue weighted by Crippen LogP contribution is 2.26. The molecule has 9 heteroatoms. The Labute approximate surface area is 213 Å². The van der Waals surface area contributed by atoms with Gasteiger partial charge in [0.1, 0.15) is 6.04 Å². The van der Waals surface area contributed by atoms with Gasteiger partial charge in [-0.25, -0.2) is 0 Å². The second-order valence-corrected chi connectivity index (χ2v) is 11.0. The Hall–Kier alpha value is -1.11. The molecule has 32 heavy (non-hydrogen) atoms. The topological polar surface area (TPSA) is 49.4 Å². The minimum Gasteiger partial charge on any atom is -0.350 e. The van der Waals surface area contributed by atoms with E-state index in [0.29, 0.717) is 25.8 Å². The second-order valence-electron chi connectivity index (χ2n) is 8.43. The SMILES string of the molecule is C[C@@H](C(=O)NC(C)(C)C)N(Cc1ccc(Cl)c(Cl)c1)C(=O)CSCc1ccc(Cl)c(Cl)c1. The fraction of sp³-hybridized carbons (Fsp3) is 0.391. The number of nitrogens with zero attached hydrogens (tertiary/aromatic N) is 1. The lowest BCUT2D eigenvalue weighted by Gasteiger charge is -2.31. The fourth-order valence-electron chi connectivity index (χ4n) is 2.86. The first kappa shape index (κ1) is 27.1. The summed E-state index contributed by atoms with van der Waals surface area (Å²) in [5, 5.41) is 4.74. The molecule has 2 aromatic rings. The van der Waals surface area contributed by atoms with Crippen LogP contribution in [-0.4, -0.2) is 34.0 Å². The first-order valence-corrected chi connectivity index (χ1v) is 12.6. The molecule has 0 fully saturated rings. The van der Waals surface area contributed by atoms with Crippen molar-refractivity contribution in [2.24, 2.45) is 0 Å². The second kappa shape index (κ2) is 11.8. The standard InChI is InChI=1S/C23H26Cl4N2O2S/c1-14(22(31)28-23(2,3)4)29(11-15-5-7-17(24)19(26)9-15)21(30)13-32-12-16-6-8-18(25)20(27)10-16/h5-10,14H,11-13H2,1-4H3,(H,28,31)/t14-/m0/s1. The van der Waals surface area contributed by atoms with Gasteiger partial charge in [0.15, 0.2) is 0 Å². The number of hydrogen-bond donors (Lipinski definition) is 1. The molecule has 0 saturated carbocycles. The molecule has 0 aromatic heterocycles. The molecule has 174 valence electrons. The zero-order chi connectivity index (χ0) is 24.1. The van der Waals surface area contributed by atoms with Gasteiger partial charge in [-0.2, -0.15) is 0 Å². The lowest BCUT2D eigenvalue weighted by atomic mass is 10.1. The van der Waals surface area contributed by atoms with Crippen molar-refractivity contribution in [3.8, 4) is 0 Å². The van der Waals surface area contributed by atoms with Gasteiger partial charge in [-0.15, -0.1) is 11.8 Å². The summed E-state index contributed by atoms with van der Waals surface area (Å²) in [4.78, 5) is 27.5. The Morgan fingerprint density at radius 1 is 0.938 bits per heavy atom. The molecular weight excluding hydrogens is 510 g/mol. The van der Waals surface area contributed by atoms with Crippen LogP contribution >= 0.6 is 58.2 Å². The van der Waals surface area contributed by atoms with Gasteiger partial charge in [0.05, 0.1) is 25.8 Å². The Bertz CT molecular complexity index is 979. The third-order valence-electron chi connectivity index (χ3n) is 4.48. The largest absolute Gasteiger partial charge is 0.350 e. The summed E-state index contributed by atoms with van der Waals surface area (Å²) in [5.41, 5.74) is 1.34. The third-order valence-corrected chi connectivity index (χ3v) is 6.95. The number of benzene rings is 2. The molecule has 0 bridgehead atoms. The zero-order valence-electron chi connectivity index (χ0n) is 18.3. The van der Waals surface area contributed by atoms with E-state index in [9.17, 15) is 9.59 Å². The van der Waals surface area contributed by atoms with Crippen LogP contribution < -0.4 is 5.32 Å². The van der Waals surface area contributed by atoms with Crippen LogP contribution in [0.15, 0.2) is 36.4 Å². The van der Waals surface area contributed by atoms with Crippen molar-refractivity contribution in [3.05, 3.63) is 67.6 Å². The molecule has 0 aliphatic heterocycles. The molecule has 2 aromatic carbocycles. The predicted octanol–water partition coefficient (Wildman–Crippen LogP) is 6.87. The molecule has 1 atom stereocenters. The van der Waals surface area contributed by atoms with E-state index in [1.54, 1.807) is 42.2 Å². The Kier molecular flexibility index (Phi) is 10.0. The number of rotatable bonds is 8. The average Bonchev–Trinajstić information content (AvgIpc) is 2.69. The van der Waals surface area contributed by atoms with Gasteiger partial charge in [-0.05, 0) is 63.1 Å². The van der Waals surface area contributed by atoms with E-state index in [0.717, 1.165) is 11.1 Å². The molecule has 2 amide bonds. The monoisotopic (exact) mass is 534 g/mol. The van der Waals surface area contributed by atoms with Crippen molar-refractivity contribution >= 4 is 70.0 Å². The van der Waals surface area contributed by atoms with Gasteiger partial charge >= 0.3 is 0 Å². The van der Waals surface area contributed by atoms with Gasteiger partial charge in [0.2, 0.25) is 11.8 Å². The van der Waals surface area contributed by atoms with Crippen molar-refractivity contribution in [2.45, 2.75) is 51.6 Å². The smallest absolute Gasteiger partial charge is 0.242 e. The van der Waals surface area contributed by atoms with E-state index in [4.69, 9.17) is 46.4 Å². The van der Waals surface area contributed by atoms with Gasteiger partial charge in [0, 0.05) is 17.8 Å². The molecule has 4 nitrogen and oxygen atoms in total. The summed E-state index contributed by atoms with van der Waals surface area (Å²) in [7, 11) is 0. The van der Waals surface area contributed by atoms with E-state index >= 15 is 0 Å². The zero-order valence-corrected chi connectivity index (χ0v) is 22.2. The normalized spacial score (nSPS) is 12.4. The van der Waals surface area contributed by atoms with Gasteiger partial charge < -0.3 is 10.2 Å². The summed E-state index contributed by atoms with van der Waals surface area (Å²) in [6.45, 7) is 7.66. The predicted molar refractivity (Wildman–Crippen MR) is 137 cm³/mol. The van der Waals surface area contributed by atoms with Crippen LogP contribution in [0.1, 0.15) is 38.8 Å². The molecule has 2 rings (SSSR count). The van der Waals surface area contributed by atoms with E-state index in [2.05, 4.69) is 5.32 Å². The molecule has 0 unspecified atom stereocenters. The number of halogens is 4. The summed E-state index contributed by atoms with van der Waals surface area (Å²) in [5.74, 6) is 0.415. The highest BCUT2D eigenvalue weighted by Gasteiger charge is 2.28. The molecule has 0 aliphatic carbocycles. The van der Waals surface area contributed by atoms with Gasteiger partial charge in [0.25, 0.3) is 0 Å². The third kappa shape index (κ3) is 8.35. The van der Waals surface area contributed by atoms with Crippen molar-refractivity contribution in [3.63, 3.8) is 0 Å². The van der Waals surface area contributed by atoms with Crippen LogP contribution in [0.5, 0.6) is 0 Å². The van der Waals surface area contributed by atoms with Gasteiger partial charge in [-0.3, -0.25) is 9.59 Å². The van der Waals surface area contributed by atoms with Crippen molar-refractivity contribution in [1.29, 1.82) is 0 Å². The molecule has 0 radical (unpaired) electrons. The van der Waals surface area contributed by atoms with E-state index < -0.39 is 11.6 Å². The lowest BCUT2D eigenvalue weighted by molar-refractivity contribution is -0.139. The van der Waals surface area contributed by atoms with E-state index in [1.807, 2.05) is 26.8 Å². The number of thioether (sulfide) groups is 1. The van der Waals surface area contributed by atoms with Crippen molar-refractivity contribution in [2.75, 3.05) is 5.75 Å². The quantitative estimate of drug-likeness (QED) is 0.401. The number of carbonyl (C=O) groups is 2. The number of carbonyl (C=O) groups excluding carboxylic acids is 2. The van der Waals surface area contributed by atoms with Crippen LogP contribution in [-0.2, 0) is 21.9 Å². The van der Waals surface area contributed by atoms with Crippen LogP contribution in [0, 0.1) is 0 Å². The molecule has 0 spiro atoms. The summed E-state index contributed by atoms with van der Waals surface area (Å²) in [6, 6.07) is 9.92. The minimum absolute atomic E-state index is 0.155. The number of amides is 2. The summed E-state index contributed by atoms with van der Waals surface area (Å²) >= 11 is 25.6. The highest BCUT2D eigenvalue weighted by atomic mass is 35.5. The number of hydrogen-bond acceptors (Lipinski definition) is 3. The summed E-state index contributed by atoms with van der Waals surface area (Å²) < 4.78 is 0. The molecule has 0 aliphatic rings. The van der Waals surface area contributed by atoms with Crippen LogP contribution in [0.4, 0.5) is 0 Å². The van der Waals surface area contributed by atoms with Gasteiger partial charge in [-0.1, -0.05) is 58.5 Å². The Morgan fingerprint density at radius 3 is 2.00 bits per heavy atom. The first-order valence-electron chi connectivity index (χ1n) is 9.94. The average molecular weight is 536 g/mol. The highest BCUT2D eigenvalue weighted by molar-refractivity contribution is 7.99. The van der Waals surface area contributed by atoms with E-state index in [1.165, 1.54) is 11.8 Å². The maximum absolute atomic E-state index is 13.1. The Balaban J connectivity index is 2.13. The molecule has 0 heterocycles. The Morgan fingerprint density at radius 2 is 1.47 bits per heavy atom. The van der Waals surface area contributed by atoms with Crippen molar-refractivity contribution < 1.29 is 9.59 Å².